The molecule has 0 aromatic carbocycles. The summed E-state index contributed by atoms with van der Waals surface area (Å²) >= 11 is 0. The second kappa shape index (κ2) is 5.43. The highest BCUT2D eigenvalue weighted by Gasteiger charge is 1.92. The molecule has 0 fully saturated rings. The molecule has 0 bridgehead atoms. The maximum absolute atomic E-state index is 5.12. The van der Waals surface area contributed by atoms with Gasteiger partial charge in [-0.1, -0.05) is 13.2 Å². The summed E-state index contributed by atoms with van der Waals surface area (Å²) in [5.41, 5.74) is 4.04. The second-order valence-electron chi connectivity index (χ2n) is 2.51. The molecule has 0 heterocycles. The van der Waals surface area contributed by atoms with Gasteiger partial charge in [0.2, 0.25) is 0 Å². The number of allylic oxidation sites excluding steroid dienone is 2. The van der Waals surface area contributed by atoms with Crippen LogP contribution in [0, 0.1) is 0 Å². The predicted molar refractivity (Wildman–Crippen MR) is 53.0 cm³/mol. The van der Waals surface area contributed by atoms with Crippen molar-refractivity contribution in [3.8, 4) is 0 Å². The quantitative estimate of drug-likeness (QED) is 0.364. The Kier molecular flexibility index (Phi) is 4.88. The van der Waals surface area contributed by atoms with Gasteiger partial charge >= 0.3 is 0 Å². The number of nitrogens with two attached hydrogens (primary N) is 1. The highest BCUT2D eigenvalue weighted by Crippen LogP contribution is 2.00. The molecule has 0 aliphatic carbocycles. The summed E-state index contributed by atoms with van der Waals surface area (Å²) in [4.78, 5) is 2.03. The minimum absolute atomic E-state index is 0.667. The average Bonchev–Trinajstić information content (AvgIpc) is 2.11. The number of nitrogens with one attached hydrogen (secondary N) is 1. The molecule has 0 atom stereocenters. The Morgan fingerprint density at radius 3 is 2.50 bits per heavy atom. The van der Waals surface area contributed by atoms with Crippen LogP contribution in [0.15, 0.2) is 36.7 Å². The van der Waals surface area contributed by atoms with E-state index in [2.05, 4.69) is 25.5 Å². The van der Waals surface area contributed by atoms with E-state index in [-0.39, 0.29) is 0 Å². The van der Waals surface area contributed by atoms with E-state index in [0.29, 0.717) is 5.70 Å². The van der Waals surface area contributed by atoms with Crippen LogP contribution in [0.5, 0.6) is 0 Å². The van der Waals surface area contributed by atoms with E-state index in [4.69, 9.17) is 5.84 Å². The summed E-state index contributed by atoms with van der Waals surface area (Å²) in [7, 11) is 1.98. The summed E-state index contributed by atoms with van der Waals surface area (Å²) in [5, 5.41) is 0. The molecule has 0 saturated heterocycles. The van der Waals surface area contributed by atoms with E-state index in [0.717, 1.165) is 12.2 Å². The molecule has 0 aromatic rings. The Labute approximate surface area is 74.2 Å². The zero-order valence-electron chi connectivity index (χ0n) is 7.80. The van der Waals surface area contributed by atoms with Crippen LogP contribution in [0.1, 0.15) is 6.92 Å². The molecule has 3 N–H and O–H groups in total. The van der Waals surface area contributed by atoms with Crippen LogP contribution in [0.2, 0.25) is 0 Å². The van der Waals surface area contributed by atoms with Crippen molar-refractivity contribution in [3.63, 3.8) is 0 Å². The second-order valence-corrected chi connectivity index (χ2v) is 2.51. The number of hydrogen-bond donors (Lipinski definition) is 2. The van der Waals surface area contributed by atoms with Crippen LogP contribution in [0.4, 0.5) is 0 Å². The molecular formula is C9H17N3. The van der Waals surface area contributed by atoms with E-state index in [1.807, 2.05) is 18.0 Å². The van der Waals surface area contributed by atoms with Gasteiger partial charge < -0.3 is 10.3 Å². The van der Waals surface area contributed by atoms with Crippen LogP contribution >= 0.6 is 0 Å². The van der Waals surface area contributed by atoms with Crippen LogP contribution < -0.4 is 11.3 Å². The van der Waals surface area contributed by atoms with E-state index in [1.54, 1.807) is 6.08 Å². The van der Waals surface area contributed by atoms with Gasteiger partial charge in [0.25, 0.3) is 0 Å². The Bertz CT molecular complexity index is 194. The van der Waals surface area contributed by atoms with Gasteiger partial charge in [-0.2, -0.15) is 0 Å². The van der Waals surface area contributed by atoms with Gasteiger partial charge in [0.15, 0.2) is 0 Å². The lowest BCUT2D eigenvalue weighted by Gasteiger charge is -2.16. The molecular weight excluding hydrogens is 150 g/mol. The minimum atomic E-state index is 0.667. The molecule has 0 amide bonds. The lowest BCUT2D eigenvalue weighted by atomic mass is 10.3. The van der Waals surface area contributed by atoms with E-state index < -0.39 is 0 Å². The van der Waals surface area contributed by atoms with Gasteiger partial charge in [-0.15, -0.1) is 0 Å². The normalized spacial score (nSPS) is 9.92. The zero-order valence-corrected chi connectivity index (χ0v) is 7.80. The summed E-state index contributed by atoms with van der Waals surface area (Å²) < 4.78 is 0. The lowest BCUT2D eigenvalue weighted by molar-refractivity contribution is 0.458. The Hall–Kier alpha value is -1.22. The van der Waals surface area contributed by atoms with Crippen molar-refractivity contribution >= 4 is 0 Å². The van der Waals surface area contributed by atoms with Gasteiger partial charge in [0.05, 0.1) is 0 Å². The van der Waals surface area contributed by atoms with E-state index in [1.165, 1.54) is 0 Å². The van der Waals surface area contributed by atoms with Gasteiger partial charge in [0.1, 0.15) is 0 Å². The highest BCUT2D eigenvalue weighted by molar-refractivity contribution is 5.21. The lowest BCUT2D eigenvalue weighted by Crippen LogP contribution is -2.19. The molecule has 0 saturated carbocycles. The number of likely N-dealkylation sites (N-methyl/N-ethyl adjacent to an activating group) is 1. The Morgan fingerprint density at radius 1 is 1.50 bits per heavy atom. The van der Waals surface area contributed by atoms with E-state index >= 15 is 0 Å². The molecule has 0 aliphatic rings. The first-order valence-electron chi connectivity index (χ1n) is 3.85. The minimum Gasteiger partial charge on any atom is -0.375 e. The van der Waals surface area contributed by atoms with Gasteiger partial charge in [-0.05, 0) is 19.1 Å². The Balaban J connectivity index is 3.99. The third-order valence-electron chi connectivity index (χ3n) is 1.63. The standard InChI is InChI=1S/C9H17N3/c1-5-12(4)9(3)7-6-8(2)11-10/h6-7,11H,2-3,5,10H2,1,4H3/b7-6-. The molecule has 0 aliphatic heterocycles. The predicted octanol–water partition coefficient (Wildman–Crippen LogP) is 0.985. The maximum Gasteiger partial charge on any atom is 0.0414 e. The summed E-state index contributed by atoms with van der Waals surface area (Å²) in [6.07, 6.45) is 3.65. The molecule has 3 heteroatoms. The zero-order chi connectivity index (χ0) is 9.56. The maximum atomic E-state index is 5.12. The topological polar surface area (TPSA) is 41.3 Å². The number of rotatable bonds is 5. The smallest absolute Gasteiger partial charge is 0.0414 e. The first kappa shape index (κ1) is 10.8. The van der Waals surface area contributed by atoms with Gasteiger partial charge in [0, 0.05) is 25.0 Å². The van der Waals surface area contributed by atoms with Crippen molar-refractivity contribution in [2.45, 2.75) is 6.92 Å². The summed E-state index contributed by atoms with van der Waals surface area (Å²) in [5.74, 6) is 5.12. The van der Waals surface area contributed by atoms with Crippen LogP contribution in [0.25, 0.3) is 0 Å². The third-order valence-corrected chi connectivity index (χ3v) is 1.63. The monoisotopic (exact) mass is 167 g/mol. The highest BCUT2D eigenvalue weighted by atomic mass is 15.2. The largest absolute Gasteiger partial charge is 0.375 e. The molecule has 0 unspecified atom stereocenters. The fourth-order valence-corrected chi connectivity index (χ4v) is 0.575. The fraction of sp³-hybridized carbons (Fsp3) is 0.333. The third kappa shape index (κ3) is 3.83. The van der Waals surface area contributed by atoms with Crippen molar-refractivity contribution in [2.75, 3.05) is 13.6 Å². The fourth-order valence-electron chi connectivity index (χ4n) is 0.575. The molecule has 0 aromatic heterocycles. The van der Waals surface area contributed by atoms with Gasteiger partial charge in [-0.3, -0.25) is 5.84 Å². The first-order chi connectivity index (χ1) is 5.61. The first-order valence-corrected chi connectivity index (χ1v) is 3.85. The number of nitrogens with zero attached hydrogens (tertiary/aromatic N) is 1. The SMILES string of the molecule is C=C(/C=C\C(=C)N(C)CC)NN. The molecule has 0 spiro atoms. The van der Waals surface area contributed by atoms with Gasteiger partial charge in [-0.25, -0.2) is 0 Å². The van der Waals surface area contributed by atoms with Crippen LogP contribution in [0.3, 0.4) is 0 Å². The van der Waals surface area contributed by atoms with Crippen molar-refractivity contribution in [1.82, 2.24) is 10.3 Å². The van der Waals surface area contributed by atoms with Crippen molar-refractivity contribution < 1.29 is 0 Å². The molecule has 3 nitrogen and oxygen atoms in total. The molecule has 12 heavy (non-hydrogen) atoms. The average molecular weight is 167 g/mol. The summed E-state index contributed by atoms with van der Waals surface area (Å²) in [6.45, 7) is 10.5. The van der Waals surface area contributed by atoms with Crippen molar-refractivity contribution in [1.29, 1.82) is 0 Å². The van der Waals surface area contributed by atoms with Crippen LogP contribution in [-0.4, -0.2) is 18.5 Å². The van der Waals surface area contributed by atoms with Crippen LogP contribution in [-0.2, 0) is 0 Å². The van der Waals surface area contributed by atoms with Crippen molar-refractivity contribution in [2.24, 2.45) is 5.84 Å². The van der Waals surface area contributed by atoms with Crippen molar-refractivity contribution in [3.05, 3.63) is 36.7 Å². The Morgan fingerprint density at radius 2 is 2.08 bits per heavy atom. The molecule has 0 rings (SSSR count). The molecule has 0 radical (unpaired) electrons. The summed E-state index contributed by atoms with van der Waals surface area (Å²) in [6, 6.07) is 0. The number of hydrogen-bond acceptors (Lipinski definition) is 3. The number of hydrazine groups is 1. The van der Waals surface area contributed by atoms with E-state index in [9.17, 15) is 0 Å². The molecule has 68 valence electrons.